The van der Waals surface area contributed by atoms with Crippen LogP contribution in [0, 0.1) is 0 Å². The summed E-state index contributed by atoms with van der Waals surface area (Å²) in [6, 6.07) is 7.18. The number of nitrogens with two attached hydrogens (primary N) is 1. The molecule has 158 valence electrons. The summed E-state index contributed by atoms with van der Waals surface area (Å²) in [5, 5.41) is 3.41. The maximum atomic E-state index is 12.8. The topological polar surface area (TPSA) is 110 Å². The van der Waals surface area contributed by atoms with E-state index in [0.29, 0.717) is 37.0 Å². The summed E-state index contributed by atoms with van der Waals surface area (Å²) < 4.78 is 1.49. The summed E-state index contributed by atoms with van der Waals surface area (Å²) in [7, 11) is 0. The second-order valence-electron chi connectivity index (χ2n) is 7.09. The Morgan fingerprint density at radius 2 is 2.00 bits per heavy atom. The molecule has 1 unspecified atom stereocenters. The number of amides is 2. The molecule has 1 aliphatic heterocycles. The van der Waals surface area contributed by atoms with Crippen molar-refractivity contribution in [2.75, 3.05) is 19.6 Å². The lowest BCUT2D eigenvalue weighted by Crippen LogP contribution is -2.49. The van der Waals surface area contributed by atoms with Gasteiger partial charge in [0.2, 0.25) is 11.8 Å². The number of rotatable bonds is 7. The van der Waals surface area contributed by atoms with Gasteiger partial charge < -0.3 is 16.0 Å². The van der Waals surface area contributed by atoms with E-state index >= 15 is 0 Å². The van der Waals surface area contributed by atoms with Crippen LogP contribution in [0.15, 0.2) is 35.4 Å². The molecule has 8 nitrogen and oxygen atoms in total. The fraction of sp³-hybridized carbons (Fsp3) is 0.500. The molecule has 29 heavy (non-hydrogen) atoms. The highest BCUT2D eigenvalue weighted by molar-refractivity contribution is 5.85. The van der Waals surface area contributed by atoms with Gasteiger partial charge in [0.05, 0.1) is 17.2 Å². The number of nitrogens with one attached hydrogen (secondary N) is 1. The fourth-order valence-electron chi connectivity index (χ4n) is 3.62. The van der Waals surface area contributed by atoms with Crippen LogP contribution >= 0.6 is 12.4 Å². The molecule has 2 heterocycles. The van der Waals surface area contributed by atoms with E-state index in [1.54, 1.807) is 18.2 Å². The van der Waals surface area contributed by atoms with Crippen molar-refractivity contribution in [3.8, 4) is 0 Å². The summed E-state index contributed by atoms with van der Waals surface area (Å²) in [5.74, 6) is -0.0907. The quantitative estimate of drug-likeness (QED) is 0.694. The van der Waals surface area contributed by atoms with Gasteiger partial charge in [-0.15, -0.1) is 12.4 Å². The van der Waals surface area contributed by atoms with Crippen LogP contribution in [0.1, 0.15) is 32.1 Å². The van der Waals surface area contributed by atoms with Crippen molar-refractivity contribution in [1.82, 2.24) is 19.8 Å². The first kappa shape index (κ1) is 22.8. The summed E-state index contributed by atoms with van der Waals surface area (Å²) in [6.07, 6.45) is 4.88. The molecule has 1 aromatic heterocycles. The SMILES string of the molecule is Cl.NCCC(=O)NCC1CCCCN1C(=O)CCn1cnc2ccccc2c1=O. The lowest BCUT2D eigenvalue weighted by Gasteiger charge is -2.36. The molecule has 1 fully saturated rings. The minimum atomic E-state index is -0.136. The van der Waals surface area contributed by atoms with Crippen LogP contribution in [0.4, 0.5) is 0 Å². The zero-order valence-electron chi connectivity index (χ0n) is 16.4. The number of para-hydroxylation sites is 1. The Morgan fingerprint density at radius 1 is 1.21 bits per heavy atom. The van der Waals surface area contributed by atoms with Crippen LogP contribution in [-0.2, 0) is 16.1 Å². The molecule has 3 rings (SSSR count). The van der Waals surface area contributed by atoms with Gasteiger partial charge in [0.15, 0.2) is 0 Å². The highest BCUT2D eigenvalue weighted by Crippen LogP contribution is 2.18. The second kappa shape index (κ2) is 10.9. The Labute approximate surface area is 175 Å². The van der Waals surface area contributed by atoms with Crippen molar-refractivity contribution in [2.45, 2.75) is 44.7 Å². The largest absolute Gasteiger partial charge is 0.354 e. The number of aryl methyl sites for hydroxylation is 1. The zero-order chi connectivity index (χ0) is 19.9. The number of hydrogen-bond acceptors (Lipinski definition) is 5. The van der Waals surface area contributed by atoms with Gasteiger partial charge in [-0.1, -0.05) is 12.1 Å². The Kier molecular flexibility index (Phi) is 8.60. The standard InChI is InChI=1S/C20H27N5O3.ClH/c21-10-8-18(26)22-13-15-5-3-4-11-25(15)19(27)9-12-24-14-23-17-7-2-1-6-16(17)20(24)28;/h1-2,6-7,14-15H,3-5,8-13,21H2,(H,22,26);1H. The summed E-state index contributed by atoms with van der Waals surface area (Å²) in [6.45, 7) is 1.73. The van der Waals surface area contributed by atoms with Crippen molar-refractivity contribution >= 4 is 35.1 Å². The first-order chi connectivity index (χ1) is 13.6. The number of hydrogen-bond donors (Lipinski definition) is 2. The predicted molar refractivity (Wildman–Crippen MR) is 114 cm³/mol. The minimum Gasteiger partial charge on any atom is -0.354 e. The third kappa shape index (κ3) is 5.77. The molecule has 0 spiro atoms. The summed E-state index contributed by atoms with van der Waals surface area (Å²) in [4.78, 5) is 43.2. The summed E-state index contributed by atoms with van der Waals surface area (Å²) >= 11 is 0. The van der Waals surface area contributed by atoms with E-state index in [4.69, 9.17) is 5.73 Å². The van der Waals surface area contributed by atoms with Gasteiger partial charge in [0, 0.05) is 45.1 Å². The molecular weight excluding hydrogens is 394 g/mol. The molecule has 0 bridgehead atoms. The van der Waals surface area contributed by atoms with Crippen molar-refractivity contribution in [3.05, 3.63) is 40.9 Å². The van der Waals surface area contributed by atoms with Gasteiger partial charge in [-0.3, -0.25) is 19.0 Å². The number of fused-ring (bicyclic) bond motifs is 1. The molecule has 1 atom stereocenters. The number of benzene rings is 1. The van der Waals surface area contributed by atoms with E-state index in [9.17, 15) is 14.4 Å². The maximum Gasteiger partial charge on any atom is 0.261 e. The van der Waals surface area contributed by atoms with E-state index in [0.717, 1.165) is 19.3 Å². The molecule has 2 amide bonds. The fourth-order valence-corrected chi connectivity index (χ4v) is 3.62. The lowest BCUT2D eigenvalue weighted by atomic mass is 10.0. The highest BCUT2D eigenvalue weighted by Gasteiger charge is 2.26. The molecule has 0 radical (unpaired) electrons. The molecule has 9 heteroatoms. The number of carbonyl (C=O) groups is 2. The van der Waals surface area contributed by atoms with E-state index in [1.165, 1.54) is 10.9 Å². The van der Waals surface area contributed by atoms with Crippen LogP contribution in [-0.4, -0.2) is 51.9 Å². The maximum absolute atomic E-state index is 12.8. The lowest BCUT2D eigenvalue weighted by molar-refractivity contribution is -0.135. The Bertz CT molecular complexity index is 901. The molecular formula is C20H28ClN5O3. The molecule has 0 aliphatic carbocycles. The minimum absolute atomic E-state index is 0. The number of carbonyl (C=O) groups excluding carboxylic acids is 2. The van der Waals surface area contributed by atoms with E-state index in [-0.39, 0.29) is 48.8 Å². The zero-order valence-corrected chi connectivity index (χ0v) is 17.2. The average molecular weight is 422 g/mol. The van der Waals surface area contributed by atoms with Crippen LogP contribution in [0.3, 0.4) is 0 Å². The van der Waals surface area contributed by atoms with Crippen LogP contribution in [0.2, 0.25) is 0 Å². The number of nitrogens with zero attached hydrogens (tertiary/aromatic N) is 3. The molecule has 3 N–H and O–H groups in total. The van der Waals surface area contributed by atoms with Crippen LogP contribution < -0.4 is 16.6 Å². The number of piperidine rings is 1. The Balaban J connectivity index is 0.00000300. The molecule has 1 saturated heterocycles. The van der Waals surface area contributed by atoms with E-state index < -0.39 is 0 Å². The van der Waals surface area contributed by atoms with Gasteiger partial charge in [-0.05, 0) is 31.4 Å². The number of aromatic nitrogens is 2. The number of halogens is 1. The van der Waals surface area contributed by atoms with Crippen molar-refractivity contribution in [2.24, 2.45) is 5.73 Å². The average Bonchev–Trinajstić information content (AvgIpc) is 2.72. The third-order valence-electron chi connectivity index (χ3n) is 5.15. The second-order valence-corrected chi connectivity index (χ2v) is 7.09. The van der Waals surface area contributed by atoms with E-state index in [1.807, 2.05) is 11.0 Å². The van der Waals surface area contributed by atoms with Gasteiger partial charge in [-0.25, -0.2) is 4.98 Å². The summed E-state index contributed by atoms with van der Waals surface area (Å²) in [5.41, 5.74) is 5.91. The molecule has 2 aromatic rings. The van der Waals surface area contributed by atoms with Crippen molar-refractivity contribution in [3.63, 3.8) is 0 Å². The van der Waals surface area contributed by atoms with Crippen molar-refractivity contribution < 1.29 is 9.59 Å². The Hall–Kier alpha value is -2.45. The highest BCUT2D eigenvalue weighted by atomic mass is 35.5. The van der Waals surface area contributed by atoms with Gasteiger partial charge in [0.1, 0.15) is 0 Å². The molecule has 0 saturated carbocycles. The molecule has 1 aromatic carbocycles. The van der Waals surface area contributed by atoms with E-state index in [2.05, 4.69) is 10.3 Å². The smallest absolute Gasteiger partial charge is 0.261 e. The van der Waals surface area contributed by atoms with Crippen LogP contribution in [0.5, 0.6) is 0 Å². The van der Waals surface area contributed by atoms with Crippen molar-refractivity contribution in [1.29, 1.82) is 0 Å². The van der Waals surface area contributed by atoms with Crippen LogP contribution in [0.25, 0.3) is 10.9 Å². The first-order valence-corrected chi connectivity index (χ1v) is 9.80. The molecule has 1 aliphatic rings. The number of likely N-dealkylation sites (tertiary alicyclic amines) is 1. The first-order valence-electron chi connectivity index (χ1n) is 9.80. The third-order valence-corrected chi connectivity index (χ3v) is 5.15. The monoisotopic (exact) mass is 421 g/mol. The van der Waals surface area contributed by atoms with Gasteiger partial charge >= 0.3 is 0 Å². The predicted octanol–water partition coefficient (Wildman–Crippen LogP) is 1.05. The normalized spacial score (nSPS) is 16.3. The van der Waals surface area contributed by atoms with Gasteiger partial charge in [-0.2, -0.15) is 0 Å². The Morgan fingerprint density at radius 3 is 2.79 bits per heavy atom. The van der Waals surface area contributed by atoms with Gasteiger partial charge in [0.25, 0.3) is 5.56 Å².